The van der Waals surface area contributed by atoms with Crippen molar-refractivity contribution in [2.75, 3.05) is 23.8 Å². The molecule has 2 aliphatic rings. The Balaban J connectivity index is 1.77. The van der Waals surface area contributed by atoms with Gasteiger partial charge in [-0.05, 0) is 33.6 Å². The number of imidazole rings is 1. The Morgan fingerprint density at radius 3 is 2.64 bits per heavy atom. The minimum Gasteiger partial charge on any atom is -0.368 e. The summed E-state index contributed by atoms with van der Waals surface area (Å²) in [5.41, 5.74) is 7.60. The van der Waals surface area contributed by atoms with Crippen molar-refractivity contribution in [2.45, 2.75) is 51.8 Å². The molecule has 1 atom stereocenters. The topological polar surface area (TPSA) is 108 Å². The summed E-state index contributed by atoms with van der Waals surface area (Å²) in [5.74, 6) is 2.59. The number of rotatable bonds is 2. The summed E-state index contributed by atoms with van der Waals surface area (Å²) in [7, 11) is 0. The van der Waals surface area contributed by atoms with E-state index in [2.05, 4.69) is 26.4 Å². The highest BCUT2D eigenvalue weighted by Gasteiger charge is 2.35. The molecule has 0 aromatic carbocycles. The Labute approximate surface area is 163 Å². The molecule has 9 heteroatoms. The predicted molar refractivity (Wildman–Crippen MR) is 106 cm³/mol. The number of fused-ring (bicyclic) bond motifs is 3. The van der Waals surface area contributed by atoms with Gasteiger partial charge in [0.25, 0.3) is 0 Å². The molecule has 146 valence electrons. The summed E-state index contributed by atoms with van der Waals surface area (Å²) in [6.07, 6.45) is 5.63. The maximum absolute atomic E-state index is 5.96. The van der Waals surface area contributed by atoms with Gasteiger partial charge in [-0.3, -0.25) is 0 Å². The summed E-state index contributed by atoms with van der Waals surface area (Å²) in [5, 5.41) is 0. The molecule has 0 radical (unpaired) electrons. The number of anilines is 2. The lowest BCUT2D eigenvalue weighted by atomic mass is 10.1. The van der Waals surface area contributed by atoms with E-state index in [4.69, 9.17) is 25.4 Å². The Hall–Kier alpha value is -2.81. The molecule has 0 spiro atoms. The highest BCUT2D eigenvalue weighted by atomic mass is 16.5. The summed E-state index contributed by atoms with van der Waals surface area (Å²) in [6.45, 7) is 8.64. The molecule has 2 aliphatic heterocycles. The number of hydrogen-bond donors (Lipinski definition) is 1. The van der Waals surface area contributed by atoms with E-state index >= 15 is 0 Å². The predicted octanol–water partition coefficient (Wildman–Crippen LogP) is 2.12. The SMILES string of the molecule is C[C@H]1CCCN1c1nc(-c2cnc(N)nc2)nc2c1nc1n2CCOC1(C)C. The second-order valence-electron chi connectivity index (χ2n) is 8.00. The van der Waals surface area contributed by atoms with E-state index in [0.29, 0.717) is 18.5 Å². The highest BCUT2D eigenvalue weighted by Crippen LogP contribution is 2.36. The van der Waals surface area contributed by atoms with Crippen LogP contribution in [0.25, 0.3) is 22.6 Å². The average Bonchev–Trinajstić information content (AvgIpc) is 3.26. The van der Waals surface area contributed by atoms with Crippen LogP contribution >= 0.6 is 0 Å². The van der Waals surface area contributed by atoms with Crippen molar-refractivity contribution in [1.29, 1.82) is 0 Å². The van der Waals surface area contributed by atoms with Crippen molar-refractivity contribution in [1.82, 2.24) is 29.5 Å². The maximum atomic E-state index is 5.96. The molecule has 2 N–H and O–H groups in total. The quantitative estimate of drug-likeness (QED) is 0.720. The first kappa shape index (κ1) is 17.3. The van der Waals surface area contributed by atoms with E-state index in [9.17, 15) is 0 Å². The summed E-state index contributed by atoms with van der Waals surface area (Å²) in [6, 6.07) is 0.414. The first-order valence-electron chi connectivity index (χ1n) is 9.71. The van der Waals surface area contributed by atoms with Crippen molar-refractivity contribution in [3.63, 3.8) is 0 Å². The Morgan fingerprint density at radius 1 is 1.14 bits per heavy atom. The Kier molecular flexibility index (Phi) is 3.77. The molecule has 0 unspecified atom stereocenters. The minimum atomic E-state index is -0.461. The van der Waals surface area contributed by atoms with E-state index < -0.39 is 5.60 Å². The zero-order valence-corrected chi connectivity index (χ0v) is 16.4. The fourth-order valence-electron chi connectivity index (χ4n) is 4.15. The Morgan fingerprint density at radius 2 is 1.93 bits per heavy atom. The molecular weight excluding hydrogens is 356 g/mol. The lowest BCUT2D eigenvalue weighted by Gasteiger charge is -2.30. The van der Waals surface area contributed by atoms with Crippen molar-refractivity contribution in [3.8, 4) is 11.4 Å². The van der Waals surface area contributed by atoms with Gasteiger partial charge in [-0.25, -0.2) is 24.9 Å². The first-order chi connectivity index (χ1) is 13.4. The molecular formula is C19H24N8O. The third-order valence-electron chi connectivity index (χ3n) is 5.65. The van der Waals surface area contributed by atoms with Crippen LogP contribution in [-0.4, -0.2) is 48.7 Å². The maximum Gasteiger partial charge on any atom is 0.219 e. The largest absolute Gasteiger partial charge is 0.368 e. The molecule has 0 saturated carbocycles. The molecule has 1 saturated heterocycles. The van der Waals surface area contributed by atoms with Gasteiger partial charge in [0.15, 0.2) is 22.8 Å². The van der Waals surface area contributed by atoms with Gasteiger partial charge >= 0.3 is 0 Å². The first-order valence-corrected chi connectivity index (χ1v) is 9.71. The van der Waals surface area contributed by atoms with Gasteiger partial charge in [0.1, 0.15) is 11.4 Å². The van der Waals surface area contributed by atoms with Gasteiger partial charge in [0.2, 0.25) is 5.95 Å². The fourth-order valence-corrected chi connectivity index (χ4v) is 4.15. The van der Waals surface area contributed by atoms with E-state index in [1.165, 1.54) is 0 Å². The lowest BCUT2D eigenvalue weighted by molar-refractivity contribution is -0.0530. The van der Waals surface area contributed by atoms with E-state index in [1.807, 2.05) is 13.8 Å². The number of hydrogen-bond acceptors (Lipinski definition) is 8. The van der Waals surface area contributed by atoms with E-state index in [1.54, 1.807) is 12.4 Å². The monoisotopic (exact) mass is 380 g/mol. The minimum absolute atomic E-state index is 0.235. The van der Waals surface area contributed by atoms with Crippen molar-refractivity contribution in [3.05, 3.63) is 18.2 Å². The van der Waals surface area contributed by atoms with Crippen LogP contribution in [0.3, 0.4) is 0 Å². The van der Waals surface area contributed by atoms with Gasteiger partial charge in [-0.2, -0.15) is 0 Å². The summed E-state index contributed by atoms with van der Waals surface area (Å²) >= 11 is 0. The van der Waals surface area contributed by atoms with E-state index in [0.717, 1.165) is 54.3 Å². The third kappa shape index (κ3) is 2.61. The average molecular weight is 380 g/mol. The summed E-state index contributed by atoms with van der Waals surface area (Å²) < 4.78 is 8.12. The van der Waals surface area contributed by atoms with Gasteiger partial charge in [-0.1, -0.05) is 0 Å². The number of aromatic nitrogens is 6. The third-order valence-corrected chi connectivity index (χ3v) is 5.65. The van der Waals surface area contributed by atoms with Gasteiger partial charge in [-0.15, -0.1) is 0 Å². The van der Waals surface area contributed by atoms with Crippen LogP contribution in [0.4, 0.5) is 11.8 Å². The molecule has 3 aromatic rings. The molecule has 3 aromatic heterocycles. The second kappa shape index (κ2) is 6.10. The molecule has 5 heterocycles. The number of nitrogen functional groups attached to an aromatic ring is 1. The number of nitrogens with zero attached hydrogens (tertiary/aromatic N) is 7. The van der Waals surface area contributed by atoms with Gasteiger partial charge in [0, 0.05) is 31.5 Å². The Bertz CT molecular complexity index is 1040. The lowest BCUT2D eigenvalue weighted by Crippen LogP contribution is -2.33. The summed E-state index contributed by atoms with van der Waals surface area (Å²) in [4.78, 5) is 25.3. The van der Waals surface area contributed by atoms with Crippen molar-refractivity contribution >= 4 is 22.9 Å². The van der Waals surface area contributed by atoms with Crippen LogP contribution in [0.5, 0.6) is 0 Å². The van der Waals surface area contributed by atoms with Crippen LogP contribution in [0.1, 0.15) is 39.4 Å². The molecule has 0 amide bonds. The zero-order valence-electron chi connectivity index (χ0n) is 16.4. The van der Waals surface area contributed by atoms with Gasteiger partial charge < -0.3 is 19.9 Å². The molecule has 0 aliphatic carbocycles. The van der Waals surface area contributed by atoms with Crippen molar-refractivity contribution < 1.29 is 4.74 Å². The van der Waals surface area contributed by atoms with Crippen molar-refractivity contribution in [2.24, 2.45) is 0 Å². The molecule has 1 fully saturated rings. The highest BCUT2D eigenvalue weighted by molar-refractivity contribution is 5.86. The molecule has 5 rings (SSSR count). The smallest absolute Gasteiger partial charge is 0.219 e. The van der Waals surface area contributed by atoms with Crippen LogP contribution in [0, 0.1) is 0 Å². The standard InChI is InChI=1S/C19H24N8O/c1-11-5-4-6-26(11)15-13-16(27-7-8-28-19(2,3)17(27)23-13)25-14(24-15)12-9-21-18(20)22-10-12/h9-11H,4-8H2,1-3H3,(H2,20,21,22)/t11-/m0/s1. The zero-order chi connectivity index (χ0) is 19.5. The fraction of sp³-hybridized carbons (Fsp3) is 0.526. The normalized spacial score (nSPS) is 21.2. The second-order valence-corrected chi connectivity index (χ2v) is 8.00. The van der Waals surface area contributed by atoms with Crippen LogP contribution in [-0.2, 0) is 16.9 Å². The van der Waals surface area contributed by atoms with Gasteiger partial charge in [0.05, 0.1) is 12.2 Å². The number of ether oxygens (including phenoxy) is 1. The van der Waals surface area contributed by atoms with Crippen LogP contribution < -0.4 is 10.6 Å². The van der Waals surface area contributed by atoms with Crippen LogP contribution in [0.15, 0.2) is 12.4 Å². The molecule has 0 bridgehead atoms. The van der Waals surface area contributed by atoms with E-state index in [-0.39, 0.29) is 5.95 Å². The molecule has 28 heavy (non-hydrogen) atoms. The molecule has 9 nitrogen and oxygen atoms in total. The number of nitrogens with two attached hydrogens (primary N) is 1. The van der Waals surface area contributed by atoms with Crippen LogP contribution in [0.2, 0.25) is 0 Å².